The van der Waals surface area contributed by atoms with E-state index >= 15 is 0 Å². The lowest BCUT2D eigenvalue weighted by Gasteiger charge is -2.16. The Labute approximate surface area is 201 Å². The van der Waals surface area contributed by atoms with Gasteiger partial charge in [-0.05, 0) is 30.3 Å². The average Bonchev–Trinajstić information content (AvgIpc) is 3.41. The van der Waals surface area contributed by atoms with E-state index in [-0.39, 0.29) is 11.4 Å². The Morgan fingerprint density at radius 1 is 1.17 bits per heavy atom. The number of hydrogen-bond donors (Lipinski definition) is 2. The molecule has 4 aromatic rings. The Bertz CT molecular complexity index is 1450. The molecule has 12 heteroatoms. The van der Waals surface area contributed by atoms with Gasteiger partial charge in [0, 0.05) is 42.3 Å². The molecule has 3 aromatic heterocycles. The van der Waals surface area contributed by atoms with Crippen LogP contribution < -0.4 is 11.1 Å². The first kappa shape index (κ1) is 23.6. The Kier molecular flexibility index (Phi) is 5.77. The molecule has 36 heavy (non-hydrogen) atoms. The number of aryl methyl sites for hydroxylation is 1. The van der Waals surface area contributed by atoms with Crippen LogP contribution in [-0.4, -0.2) is 31.9 Å². The number of aromatic nitrogens is 4. The summed E-state index contributed by atoms with van der Waals surface area (Å²) >= 11 is 0. The molecule has 0 saturated carbocycles. The molecule has 1 amide bonds. The first-order chi connectivity index (χ1) is 17.1. The fourth-order valence-electron chi connectivity index (χ4n) is 3.90. The summed E-state index contributed by atoms with van der Waals surface area (Å²) in [5.74, 6) is -2.31. The Hall–Kier alpha value is -4.16. The van der Waals surface area contributed by atoms with Gasteiger partial charge >= 0.3 is 6.18 Å². The zero-order valence-corrected chi connectivity index (χ0v) is 18.6. The average molecular weight is 498 g/mol. The summed E-state index contributed by atoms with van der Waals surface area (Å²) in [4.78, 5) is 21.6. The number of epoxide rings is 1. The topological polar surface area (TPSA) is 111 Å². The lowest BCUT2D eigenvalue weighted by atomic mass is 9.99. The molecule has 3 N–H and O–H groups in total. The van der Waals surface area contributed by atoms with Gasteiger partial charge in [0.05, 0.1) is 34.4 Å². The highest BCUT2D eigenvalue weighted by Crippen LogP contribution is 2.43. The van der Waals surface area contributed by atoms with Gasteiger partial charge in [0.2, 0.25) is 0 Å². The summed E-state index contributed by atoms with van der Waals surface area (Å²) in [5, 5.41) is 6.55. The molecule has 1 fully saturated rings. The normalized spacial score (nSPS) is 17.2. The number of hydrogen-bond acceptors (Lipinski definition) is 6. The summed E-state index contributed by atoms with van der Waals surface area (Å²) in [7, 11) is 1.53. The zero-order chi connectivity index (χ0) is 25.6. The molecule has 1 saturated heterocycles. The highest BCUT2D eigenvalue weighted by atomic mass is 19.4. The van der Waals surface area contributed by atoms with Crippen LogP contribution in [0.3, 0.4) is 0 Å². The van der Waals surface area contributed by atoms with Crippen molar-refractivity contribution in [3.05, 3.63) is 83.7 Å². The summed E-state index contributed by atoms with van der Waals surface area (Å²) in [6.45, 7) is 0. The molecule has 0 radical (unpaired) electrons. The maximum Gasteiger partial charge on any atom is 0.417 e. The van der Waals surface area contributed by atoms with Crippen LogP contribution in [0.2, 0.25) is 0 Å². The van der Waals surface area contributed by atoms with Gasteiger partial charge in [0.15, 0.2) is 0 Å². The van der Waals surface area contributed by atoms with E-state index in [1.165, 1.54) is 36.4 Å². The number of nitrogens with one attached hydrogen (secondary N) is 1. The second-order valence-corrected chi connectivity index (χ2v) is 8.09. The number of carbonyl (C=O) groups excluding carboxylic acids is 1. The first-order valence-corrected chi connectivity index (χ1v) is 10.7. The van der Waals surface area contributed by atoms with Gasteiger partial charge < -0.3 is 15.8 Å². The van der Waals surface area contributed by atoms with Crippen LogP contribution in [0, 0.1) is 5.82 Å². The molecule has 0 spiro atoms. The van der Waals surface area contributed by atoms with E-state index in [0.29, 0.717) is 22.9 Å². The predicted molar refractivity (Wildman–Crippen MR) is 121 cm³/mol. The van der Waals surface area contributed by atoms with Crippen molar-refractivity contribution in [3.63, 3.8) is 0 Å². The minimum atomic E-state index is -4.86. The fourth-order valence-corrected chi connectivity index (χ4v) is 3.90. The number of alkyl halides is 3. The summed E-state index contributed by atoms with van der Waals surface area (Å²) in [6, 6.07) is 7.62. The number of anilines is 1. The van der Waals surface area contributed by atoms with Gasteiger partial charge in [-0.3, -0.25) is 19.4 Å². The largest absolute Gasteiger partial charge is 0.417 e. The minimum Gasteiger partial charge on any atom is -0.348 e. The van der Waals surface area contributed by atoms with Crippen molar-refractivity contribution >= 4 is 11.6 Å². The predicted octanol–water partition coefficient (Wildman–Crippen LogP) is 4.31. The van der Waals surface area contributed by atoms with E-state index in [2.05, 4.69) is 20.4 Å². The molecule has 184 valence electrons. The van der Waals surface area contributed by atoms with Crippen molar-refractivity contribution in [1.82, 2.24) is 19.7 Å². The Morgan fingerprint density at radius 2 is 1.94 bits per heavy atom. The second-order valence-electron chi connectivity index (χ2n) is 8.09. The third-order valence-corrected chi connectivity index (χ3v) is 5.62. The van der Waals surface area contributed by atoms with E-state index in [1.807, 2.05) is 0 Å². The van der Waals surface area contributed by atoms with Crippen LogP contribution >= 0.6 is 0 Å². The molecule has 1 aromatic carbocycles. The molecule has 1 aliphatic heterocycles. The van der Waals surface area contributed by atoms with Crippen LogP contribution in [-0.2, 0) is 18.0 Å². The highest BCUT2D eigenvalue weighted by molar-refractivity contribution is 6.07. The second kappa shape index (κ2) is 8.81. The van der Waals surface area contributed by atoms with Crippen molar-refractivity contribution in [2.24, 2.45) is 12.8 Å². The van der Waals surface area contributed by atoms with Crippen molar-refractivity contribution in [1.29, 1.82) is 0 Å². The molecular formula is C24H18F4N6O2. The fraction of sp³-hybridized carbons (Fsp3) is 0.167. The quantitative estimate of drug-likeness (QED) is 0.313. The summed E-state index contributed by atoms with van der Waals surface area (Å²) in [5.41, 5.74) is 5.14. The van der Waals surface area contributed by atoms with Crippen LogP contribution in [0.15, 0.2) is 61.2 Å². The lowest BCUT2D eigenvalue weighted by Crippen LogP contribution is -2.17. The minimum absolute atomic E-state index is 0.0587. The van der Waals surface area contributed by atoms with E-state index < -0.39 is 46.9 Å². The molecule has 1 aliphatic rings. The third-order valence-electron chi connectivity index (χ3n) is 5.62. The number of rotatable bonds is 5. The first-order valence-electron chi connectivity index (χ1n) is 10.7. The van der Waals surface area contributed by atoms with Gasteiger partial charge in [0.1, 0.15) is 18.1 Å². The van der Waals surface area contributed by atoms with Crippen LogP contribution in [0.4, 0.5) is 23.2 Å². The number of nitrogens with zero attached hydrogens (tertiary/aromatic N) is 4. The third kappa shape index (κ3) is 4.43. The molecule has 4 heterocycles. The molecule has 8 nitrogen and oxygen atoms in total. The molecule has 0 bridgehead atoms. The molecule has 5 rings (SSSR count). The summed E-state index contributed by atoms with van der Waals surface area (Å²) < 4.78 is 62.5. The Balaban J connectivity index is 1.58. The van der Waals surface area contributed by atoms with Crippen molar-refractivity contribution < 1.29 is 27.1 Å². The molecule has 2 atom stereocenters. The smallest absolute Gasteiger partial charge is 0.348 e. The van der Waals surface area contributed by atoms with Crippen molar-refractivity contribution in [2.75, 3.05) is 5.32 Å². The van der Waals surface area contributed by atoms with E-state index in [4.69, 9.17) is 10.5 Å². The number of halogens is 4. The van der Waals surface area contributed by atoms with E-state index in [9.17, 15) is 22.4 Å². The van der Waals surface area contributed by atoms with E-state index in [1.54, 1.807) is 24.4 Å². The number of nitrogens with two attached hydrogens (primary N) is 1. The van der Waals surface area contributed by atoms with Gasteiger partial charge in [-0.15, -0.1) is 0 Å². The molecular weight excluding hydrogens is 480 g/mol. The summed E-state index contributed by atoms with van der Waals surface area (Å²) in [6.07, 6.45) is -0.0578. The maximum atomic E-state index is 14.9. The SMILES string of the molecule is Cn1ccc(-c2cc(C(=O)Nc3cncc(C4OC4N)c3-c3ccccn3)c(F)cc2C(F)(F)F)n1. The van der Waals surface area contributed by atoms with Crippen LogP contribution in [0.25, 0.3) is 22.5 Å². The monoisotopic (exact) mass is 498 g/mol. The highest BCUT2D eigenvalue weighted by Gasteiger charge is 2.40. The lowest BCUT2D eigenvalue weighted by molar-refractivity contribution is -0.137. The number of amides is 1. The number of carbonyl (C=O) groups is 1. The van der Waals surface area contributed by atoms with Crippen LogP contribution in [0.1, 0.15) is 27.6 Å². The van der Waals surface area contributed by atoms with Crippen molar-refractivity contribution in [3.8, 4) is 22.5 Å². The molecule has 0 aliphatic carbocycles. The number of ether oxygens (including phenoxy) is 1. The van der Waals surface area contributed by atoms with Gasteiger partial charge in [-0.2, -0.15) is 18.3 Å². The Morgan fingerprint density at radius 3 is 2.56 bits per heavy atom. The standard InChI is InChI=1S/C24H18F4N6O2/c1-34-7-5-17(33-34)12-8-13(16(25)9-15(12)24(26,27)28)23(35)32-19-11-30-10-14(21-22(29)36-21)20(19)18-4-2-3-6-31-18/h2-11,21-22H,29H2,1H3,(H,32,35). The van der Waals surface area contributed by atoms with Gasteiger partial charge in [-0.25, -0.2) is 4.39 Å². The maximum absolute atomic E-state index is 14.9. The zero-order valence-electron chi connectivity index (χ0n) is 18.6. The molecule has 2 unspecified atom stereocenters. The van der Waals surface area contributed by atoms with E-state index in [0.717, 1.165) is 6.07 Å². The van der Waals surface area contributed by atoms with Crippen molar-refractivity contribution in [2.45, 2.75) is 18.5 Å². The van der Waals surface area contributed by atoms with Gasteiger partial charge in [-0.1, -0.05) is 6.07 Å². The number of pyridine rings is 2. The van der Waals surface area contributed by atoms with Crippen LogP contribution in [0.5, 0.6) is 0 Å². The van der Waals surface area contributed by atoms with Gasteiger partial charge in [0.25, 0.3) is 5.91 Å². The number of benzene rings is 1.